The van der Waals surface area contributed by atoms with Crippen LogP contribution in [-0.4, -0.2) is 57.2 Å². The lowest BCUT2D eigenvalue weighted by Crippen LogP contribution is -2.21. The van der Waals surface area contributed by atoms with Gasteiger partial charge in [0.2, 0.25) is 0 Å². The molecule has 2 heterocycles. The fourth-order valence-electron chi connectivity index (χ4n) is 1.95. The molecule has 138 valence electrons. The lowest BCUT2D eigenvalue weighted by molar-refractivity contribution is -0.134. The molecular formula is C19H23N3O4. The van der Waals surface area contributed by atoms with E-state index in [0.29, 0.717) is 12.2 Å². The van der Waals surface area contributed by atoms with E-state index in [-0.39, 0.29) is 0 Å². The van der Waals surface area contributed by atoms with Crippen LogP contribution in [0.3, 0.4) is 0 Å². The molecule has 1 aromatic heterocycles. The number of para-hydroxylation sites is 1. The Labute approximate surface area is 152 Å². The maximum absolute atomic E-state index is 9.55. The number of pyridine rings is 1. The van der Waals surface area contributed by atoms with E-state index in [9.17, 15) is 9.59 Å². The Kier molecular flexibility index (Phi) is 8.95. The van der Waals surface area contributed by atoms with Crippen molar-refractivity contribution < 1.29 is 19.8 Å². The first-order valence-corrected chi connectivity index (χ1v) is 7.98. The molecule has 1 aliphatic heterocycles. The second-order valence-corrected chi connectivity index (χ2v) is 5.31. The summed E-state index contributed by atoms with van der Waals surface area (Å²) >= 11 is 0. The highest BCUT2D eigenvalue weighted by Crippen LogP contribution is 2.07. The smallest absolute Gasteiger partial charge is 0.328 e. The number of carboxylic acid groups (broad SMARTS) is 2. The predicted molar refractivity (Wildman–Crippen MR) is 100 cm³/mol. The predicted octanol–water partition coefficient (Wildman–Crippen LogP) is 2.63. The van der Waals surface area contributed by atoms with Crippen LogP contribution in [0, 0.1) is 0 Å². The molecule has 0 saturated carbocycles. The largest absolute Gasteiger partial charge is 0.478 e. The summed E-state index contributed by atoms with van der Waals surface area (Å²) in [5, 5.41) is 16.8. The number of carboxylic acids is 2. The number of fused-ring (bicyclic) bond motifs is 1. The summed E-state index contributed by atoms with van der Waals surface area (Å²) in [5.74, 6) is -2.51. The van der Waals surface area contributed by atoms with Gasteiger partial charge in [0.05, 0.1) is 12.2 Å². The monoisotopic (exact) mass is 357 g/mol. The van der Waals surface area contributed by atoms with Crippen molar-refractivity contribution in [1.82, 2.24) is 14.8 Å². The zero-order chi connectivity index (χ0) is 19.4. The summed E-state index contributed by atoms with van der Waals surface area (Å²) in [5.41, 5.74) is 1.06. The molecule has 3 rings (SSSR count). The molecule has 0 fully saturated rings. The van der Waals surface area contributed by atoms with E-state index in [2.05, 4.69) is 53.3 Å². The van der Waals surface area contributed by atoms with Gasteiger partial charge in [-0.1, -0.05) is 24.3 Å². The maximum Gasteiger partial charge on any atom is 0.328 e. The Bertz CT molecular complexity index is 693. The van der Waals surface area contributed by atoms with E-state index in [1.807, 2.05) is 30.5 Å². The van der Waals surface area contributed by atoms with Crippen molar-refractivity contribution in [2.45, 2.75) is 6.92 Å². The van der Waals surface area contributed by atoms with E-state index in [0.717, 1.165) is 18.7 Å². The Hall–Kier alpha value is -3.35. The molecule has 7 nitrogen and oxygen atoms in total. The molecule has 0 atom stereocenters. The summed E-state index contributed by atoms with van der Waals surface area (Å²) in [6.45, 7) is 4.32. The normalized spacial score (nSPS) is 12.4. The number of carbonyl (C=O) groups is 2. The van der Waals surface area contributed by atoms with Gasteiger partial charge in [0, 0.05) is 49.7 Å². The van der Waals surface area contributed by atoms with Crippen LogP contribution in [0.4, 0.5) is 0 Å². The maximum atomic E-state index is 9.55. The van der Waals surface area contributed by atoms with Crippen LogP contribution in [0.15, 0.2) is 67.1 Å². The Balaban J connectivity index is 0.000000198. The van der Waals surface area contributed by atoms with Crippen molar-refractivity contribution >= 4 is 22.8 Å². The summed E-state index contributed by atoms with van der Waals surface area (Å²) in [6.07, 6.45) is 7.12. The number of nitrogens with zero attached hydrogens (tertiary/aromatic N) is 3. The average Bonchev–Trinajstić information content (AvgIpc) is 3.07. The highest BCUT2D eigenvalue weighted by atomic mass is 16.4. The third kappa shape index (κ3) is 8.49. The number of aliphatic carboxylic acids is 2. The molecule has 1 aliphatic rings. The number of benzene rings is 1. The fourth-order valence-corrected chi connectivity index (χ4v) is 1.95. The van der Waals surface area contributed by atoms with E-state index >= 15 is 0 Å². The zero-order valence-electron chi connectivity index (χ0n) is 14.8. The van der Waals surface area contributed by atoms with E-state index in [4.69, 9.17) is 10.2 Å². The second-order valence-electron chi connectivity index (χ2n) is 5.31. The van der Waals surface area contributed by atoms with Crippen LogP contribution >= 0.6 is 0 Å². The molecule has 0 aliphatic carbocycles. The van der Waals surface area contributed by atoms with E-state index in [1.54, 1.807) is 0 Å². The van der Waals surface area contributed by atoms with Gasteiger partial charge in [0.1, 0.15) is 0 Å². The van der Waals surface area contributed by atoms with Crippen molar-refractivity contribution in [3.63, 3.8) is 0 Å². The second kappa shape index (κ2) is 11.2. The van der Waals surface area contributed by atoms with Crippen LogP contribution in [0.2, 0.25) is 0 Å². The van der Waals surface area contributed by atoms with Crippen LogP contribution in [0.5, 0.6) is 0 Å². The van der Waals surface area contributed by atoms with Crippen molar-refractivity contribution in [3.8, 4) is 0 Å². The molecule has 0 saturated heterocycles. The molecule has 2 N–H and O–H groups in total. The highest BCUT2D eigenvalue weighted by molar-refractivity contribution is 5.89. The minimum atomic E-state index is -1.26. The molecule has 0 amide bonds. The number of rotatable bonds is 3. The Morgan fingerprint density at radius 2 is 1.69 bits per heavy atom. The first-order chi connectivity index (χ1) is 12.4. The van der Waals surface area contributed by atoms with Crippen LogP contribution in [-0.2, 0) is 9.59 Å². The Morgan fingerprint density at radius 1 is 1.08 bits per heavy atom. The zero-order valence-corrected chi connectivity index (χ0v) is 14.8. The van der Waals surface area contributed by atoms with E-state index in [1.165, 1.54) is 5.39 Å². The van der Waals surface area contributed by atoms with Gasteiger partial charge in [0.15, 0.2) is 0 Å². The molecule has 1 aromatic carbocycles. The minimum Gasteiger partial charge on any atom is -0.478 e. The SMILES string of the molecule is CCN1C=CN(C)C1.O=C(O)/C=C\C(=O)O.c1ccc2ncccc2c1. The van der Waals surface area contributed by atoms with Gasteiger partial charge < -0.3 is 20.0 Å². The van der Waals surface area contributed by atoms with Gasteiger partial charge in [-0.15, -0.1) is 0 Å². The van der Waals surface area contributed by atoms with Gasteiger partial charge in [-0.05, 0) is 19.1 Å². The summed E-state index contributed by atoms with van der Waals surface area (Å²) in [6, 6.07) is 12.1. The minimum absolute atomic E-state index is 0.558. The fraction of sp³-hybridized carbons (Fsp3) is 0.211. The third-order valence-corrected chi connectivity index (χ3v) is 3.22. The van der Waals surface area contributed by atoms with Crippen LogP contribution in [0.1, 0.15) is 6.92 Å². The molecule has 0 spiro atoms. The van der Waals surface area contributed by atoms with Crippen molar-refractivity contribution in [2.24, 2.45) is 0 Å². The van der Waals surface area contributed by atoms with E-state index < -0.39 is 11.9 Å². The van der Waals surface area contributed by atoms with Crippen LogP contribution < -0.4 is 0 Å². The van der Waals surface area contributed by atoms with Gasteiger partial charge in [-0.25, -0.2) is 9.59 Å². The summed E-state index contributed by atoms with van der Waals surface area (Å²) < 4.78 is 0. The average molecular weight is 357 g/mol. The third-order valence-electron chi connectivity index (χ3n) is 3.22. The van der Waals surface area contributed by atoms with Crippen molar-refractivity contribution in [1.29, 1.82) is 0 Å². The van der Waals surface area contributed by atoms with Crippen LogP contribution in [0.25, 0.3) is 10.9 Å². The number of hydrogen-bond donors (Lipinski definition) is 2. The van der Waals surface area contributed by atoms with Gasteiger partial charge in [-0.3, -0.25) is 4.98 Å². The van der Waals surface area contributed by atoms with Gasteiger partial charge in [0.25, 0.3) is 0 Å². The van der Waals surface area contributed by atoms with Gasteiger partial charge >= 0.3 is 11.9 Å². The highest BCUT2D eigenvalue weighted by Gasteiger charge is 2.03. The lowest BCUT2D eigenvalue weighted by atomic mass is 10.2. The molecule has 0 radical (unpaired) electrons. The molecule has 2 aromatic rings. The molecule has 26 heavy (non-hydrogen) atoms. The first-order valence-electron chi connectivity index (χ1n) is 7.98. The molecular weight excluding hydrogens is 334 g/mol. The van der Waals surface area contributed by atoms with Gasteiger partial charge in [-0.2, -0.15) is 0 Å². The summed E-state index contributed by atoms with van der Waals surface area (Å²) in [7, 11) is 2.08. The number of hydrogen-bond acceptors (Lipinski definition) is 5. The topological polar surface area (TPSA) is 94.0 Å². The number of aromatic nitrogens is 1. The molecule has 0 unspecified atom stereocenters. The Morgan fingerprint density at radius 3 is 2.15 bits per heavy atom. The standard InChI is InChI=1S/C9H7N.C6H12N2.C4H4O4/c1-2-6-9-8(4-1)5-3-7-10-9;1-3-8-5-4-7(2)6-8;5-3(6)1-2-4(7)8/h1-7H;4-5H,3,6H2,1-2H3;1-2H,(H,5,6)(H,7,8)/b;;2-1-. The van der Waals surface area contributed by atoms with Crippen molar-refractivity contribution in [3.05, 3.63) is 67.1 Å². The quantitative estimate of drug-likeness (QED) is 0.816. The first kappa shape index (κ1) is 20.7. The lowest BCUT2D eigenvalue weighted by Gasteiger charge is -2.14. The molecule has 0 bridgehead atoms. The van der Waals surface area contributed by atoms with Crippen molar-refractivity contribution in [2.75, 3.05) is 20.3 Å². The molecule has 7 heteroatoms. The summed E-state index contributed by atoms with van der Waals surface area (Å²) in [4.78, 5) is 27.7.